The van der Waals surface area contributed by atoms with Gasteiger partial charge >= 0.3 is 11.9 Å². The van der Waals surface area contributed by atoms with Gasteiger partial charge in [0.2, 0.25) is 0 Å². The van der Waals surface area contributed by atoms with E-state index in [9.17, 15) is 14.8 Å². The van der Waals surface area contributed by atoms with E-state index in [4.69, 9.17) is 0 Å². The average molecular weight is 344 g/mol. The predicted octanol–water partition coefficient (Wildman–Crippen LogP) is 1.80. The summed E-state index contributed by atoms with van der Waals surface area (Å²) < 4.78 is 0.580. The molecule has 0 aliphatic rings. The van der Waals surface area contributed by atoms with Crippen molar-refractivity contribution in [2.24, 2.45) is 0 Å². The summed E-state index contributed by atoms with van der Waals surface area (Å²) in [5.41, 5.74) is 0. The Morgan fingerprint density at radius 3 is 2.30 bits per heavy atom. The van der Waals surface area contributed by atoms with E-state index in [-0.39, 0.29) is 23.6 Å². The van der Waals surface area contributed by atoms with Crippen molar-refractivity contribution in [2.45, 2.75) is 38.8 Å². The quantitative estimate of drug-likeness (QED) is 0.366. The summed E-state index contributed by atoms with van der Waals surface area (Å²) in [7, 11) is 3.25. The third kappa shape index (κ3) is 4.52. The number of quaternary nitrogens is 1. The number of amides is 2. The maximum atomic E-state index is 12.2. The Labute approximate surface area is 141 Å². The van der Waals surface area contributed by atoms with Gasteiger partial charge in [0.15, 0.2) is 11.0 Å². The Kier molecular flexibility index (Phi) is 6.72. The first kappa shape index (κ1) is 19.6. The van der Waals surface area contributed by atoms with Crippen LogP contribution in [0.1, 0.15) is 39.4 Å². The van der Waals surface area contributed by atoms with Crippen LogP contribution in [0.2, 0.25) is 0 Å². The van der Waals surface area contributed by atoms with Gasteiger partial charge in [-0.2, -0.15) is 4.68 Å². The van der Waals surface area contributed by atoms with Gasteiger partial charge in [0, 0.05) is 20.0 Å². The van der Waals surface area contributed by atoms with Crippen molar-refractivity contribution in [1.29, 1.82) is 0 Å². The minimum atomic E-state index is -0.625. The highest BCUT2D eigenvalue weighted by molar-refractivity contribution is 7.99. The lowest BCUT2D eigenvalue weighted by Gasteiger charge is -2.24. The standard InChI is InChI=1S/C14H26N5O3S/c1-7-19(22,8-2)11(20)9-23-13-15-12(10(3)4)16-18(13)14(21)17(5)6/h10,22H,7-9H2,1-6H3/q+1. The van der Waals surface area contributed by atoms with Crippen LogP contribution >= 0.6 is 11.8 Å². The molecular formula is C14H26N5O3S+. The first-order chi connectivity index (χ1) is 10.7. The van der Waals surface area contributed by atoms with Crippen molar-refractivity contribution < 1.29 is 19.4 Å². The highest BCUT2D eigenvalue weighted by Crippen LogP contribution is 2.21. The molecule has 0 radical (unpaired) electrons. The van der Waals surface area contributed by atoms with Crippen molar-refractivity contribution in [3.05, 3.63) is 5.82 Å². The number of thioether (sulfide) groups is 1. The van der Waals surface area contributed by atoms with Crippen LogP contribution in [0.3, 0.4) is 0 Å². The molecule has 1 aromatic heterocycles. The lowest BCUT2D eigenvalue weighted by atomic mass is 10.2. The van der Waals surface area contributed by atoms with Crippen molar-refractivity contribution >= 4 is 23.7 Å². The van der Waals surface area contributed by atoms with Crippen molar-refractivity contribution in [3.8, 4) is 0 Å². The monoisotopic (exact) mass is 344 g/mol. The number of carbonyl (C=O) groups excluding carboxylic acids is 2. The number of nitrogens with zero attached hydrogens (tertiary/aromatic N) is 5. The summed E-state index contributed by atoms with van der Waals surface area (Å²) in [6, 6.07) is -0.324. The first-order valence-corrected chi connectivity index (χ1v) is 8.59. The zero-order valence-corrected chi connectivity index (χ0v) is 15.4. The fourth-order valence-corrected chi connectivity index (χ4v) is 2.68. The van der Waals surface area contributed by atoms with Gasteiger partial charge in [0.05, 0.1) is 0 Å². The van der Waals surface area contributed by atoms with Crippen LogP contribution < -0.4 is 0 Å². The number of carbonyl (C=O) groups is 2. The van der Waals surface area contributed by atoms with Crippen LogP contribution in [0.15, 0.2) is 5.16 Å². The van der Waals surface area contributed by atoms with Gasteiger partial charge in [-0.25, -0.2) is 19.8 Å². The fourth-order valence-electron chi connectivity index (χ4n) is 1.79. The highest BCUT2D eigenvalue weighted by Gasteiger charge is 2.32. The SMILES string of the molecule is CC[N+](O)(CC)C(=O)CSc1nc(C(C)C)nn1C(=O)N(C)C. The molecular weight excluding hydrogens is 318 g/mol. The maximum absolute atomic E-state index is 12.2. The smallest absolute Gasteiger partial charge is 0.329 e. The normalized spacial score (nSPS) is 11.8. The minimum absolute atomic E-state index is 0.0229. The van der Waals surface area contributed by atoms with E-state index >= 15 is 0 Å². The Morgan fingerprint density at radius 2 is 1.87 bits per heavy atom. The third-order valence-corrected chi connectivity index (χ3v) is 4.42. The van der Waals surface area contributed by atoms with E-state index in [0.29, 0.717) is 24.1 Å². The first-order valence-electron chi connectivity index (χ1n) is 7.60. The molecule has 2 amide bonds. The molecule has 1 aromatic rings. The Balaban J connectivity index is 2.99. The maximum Gasteiger partial charge on any atom is 0.355 e. The molecule has 0 spiro atoms. The number of hydrogen-bond donors (Lipinski definition) is 1. The molecule has 0 aliphatic heterocycles. The van der Waals surface area contributed by atoms with E-state index in [1.54, 1.807) is 27.9 Å². The van der Waals surface area contributed by atoms with E-state index in [1.807, 2.05) is 13.8 Å². The number of rotatable bonds is 6. The molecule has 23 heavy (non-hydrogen) atoms. The zero-order valence-electron chi connectivity index (χ0n) is 14.6. The van der Waals surface area contributed by atoms with Gasteiger partial charge < -0.3 is 4.90 Å². The Bertz CT molecular complexity index is 567. The molecule has 0 aromatic carbocycles. The largest absolute Gasteiger partial charge is 0.355 e. The van der Waals surface area contributed by atoms with Crippen LogP contribution in [0, 0.1) is 0 Å². The second-order valence-electron chi connectivity index (χ2n) is 5.73. The van der Waals surface area contributed by atoms with Gasteiger partial charge in [-0.3, -0.25) is 0 Å². The Morgan fingerprint density at radius 1 is 1.30 bits per heavy atom. The van der Waals surface area contributed by atoms with E-state index in [1.165, 1.54) is 9.58 Å². The fraction of sp³-hybridized carbons (Fsp3) is 0.714. The van der Waals surface area contributed by atoms with Gasteiger partial charge in [-0.1, -0.05) is 25.6 Å². The van der Waals surface area contributed by atoms with Crippen LogP contribution in [-0.4, -0.2) is 74.4 Å². The highest BCUT2D eigenvalue weighted by atomic mass is 32.2. The van der Waals surface area contributed by atoms with Gasteiger partial charge in [-0.15, -0.1) is 9.75 Å². The molecule has 0 saturated carbocycles. The molecule has 1 N–H and O–H groups in total. The van der Waals surface area contributed by atoms with Gasteiger partial charge in [-0.05, 0) is 13.8 Å². The summed E-state index contributed by atoms with van der Waals surface area (Å²) in [5, 5.41) is 14.8. The number of hydroxylamine groups is 3. The lowest BCUT2D eigenvalue weighted by molar-refractivity contribution is -1.04. The summed E-state index contributed by atoms with van der Waals surface area (Å²) >= 11 is 1.11. The van der Waals surface area contributed by atoms with Gasteiger partial charge in [0.1, 0.15) is 18.8 Å². The van der Waals surface area contributed by atoms with Crippen LogP contribution in [0.25, 0.3) is 0 Å². The molecule has 0 unspecified atom stereocenters. The van der Waals surface area contributed by atoms with Crippen LogP contribution in [0.5, 0.6) is 0 Å². The second kappa shape index (κ2) is 7.89. The van der Waals surface area contributed by atoms with Crippen molar-refractivity contribution in [3.63, 3.8) is 0 Å². The summed E-state index contributed by atoms with van der Waals surface area (Å²) in [5.74, 6) is 0.318. The van der Waals surface area contributed by atoms with Gasteiger partial charge in [0.25, 0.3) is 0 Å². The molecule has 0 aliphatic carbocycles. The Hall–Kier alpha value is -1.45. The minimum Gasteiger partial charge on any atom is -0.329 e. The lowest BCUT2D eigenvalue weighted by Crippen LogP contribution is -2.50. The van der Waals surface area contributed by atoms with Crippen molar-refractivity contribution in [2.75, 3.05) is 32.9 Å². The van der Waals surface area contributed by atoms with Crippen LogP contribution in [-0.2, 0) is 4.79 Å². The molecule has 1 heterocycles. The molecule has 8 nitrogen and oxygen atoms in total. The predicted molar refractivity (Wildman–Crippen MR) is 87.5 cm³/mol. The molecule has 130 valence electrons. The number of hydrogen-bond acceptors (Lipinski definition) is 6. The van der Waals surface area contributed by atoms with Crippen LogP contribution in [0.4, 0.5) is 4.79 Å². The molecule has 0 bridgehead atoms. The average Bonchev–Trinajstić information content (AvgIpc) is 2.95. The van der Waals surface area contributed by atoms with E-state index < -0.39 is 4.65 Å². The molecule has 9 heteroatoms. The number of aromatic nitrogens is 3. The molecule has 1 rings (SSSR count). The topological polar surface area (TPSA) is 88.3 Å². The molecule has 0 saturated heterocycles. The molecule has 0 atom stereocenters. The van der Waals surface area contributed by atoms with E-state index in [2.05, 4.69) is 10.1 Å². The summed E-state index contributed by atoms with van der Waals surface area (Å²) in [4.78, 5) is 30.1. The van der Waals surface area contributed by atoms with Crippen molar-refractivity contribution in [1.82, 2.24) is 19.7 Å². The molecule has 0 fully saturated rings. The summed E-state index contributed by atoms with van der Waals surface area (Å²) in [6.07, 6.45) is 0. The third-order valence-electron chi connectivity index (χ3n) is 3.51. The second-order valence-corrected chi connectivity index (χ2v) is 6.68. The zero-order chi connectivity index (χ0) is 17.8. The van der Waals surface area contributed by atoms with E-state index in [0.717, 1.165) is 11.8 Å². The summed E-state index contributed by atoms with van der Waals surface area (Å²) in [6.45, 7) is 7.97.